The van der Waals surface area contributed by atoms with Crippen LogP contribution in [0, 0.1) is 6.92 Å². The molecule has 2 aromatic rings. The third-order valence-electron chi connectivity index (χ3n) is 4.02. The molecule has 0 saturated carbocycles. The fourth-order valence-corrected chi connectivity index (χ4v) is 3.46. The molecule has 2 aromatic heterocycles. The molecule has 6 nitrogen and oxygen atoms in total. The summed E-state index contributed by atoms with van der Waals surface area (Å²) in [7, 11) is 0. The van der Waals surface area contributed by atoms with Crippen molar-refractivity contribution in [3.63, 3.8) is 0 Å². The van der Waals surface area contributed by atoms with Gasteiger partial charge in [-0.05, 0) is 19.8 Å². The number of hydrogen-bond acceptors (Lipinski definition) is 6. The number of nitrogens with zero attached hydrogens (tertiary/aromatic N) is 4. The average Bonchev–Trinajstić information content (AvgIpc) is 3.06. The summed E-state index contributed by atoms with van der Waals surface area (Å²) in [6, 6.07) is 1.99. The second kappa shape index (κ2) is 7.04. The summed E-state index contributed by atoms with van der Waals surface area (Å²) in [5.74, 6) is 2.00. The Morgan fingerprint density at radius 1 is 1.48 bits per heavy atom. The van der Waals surface area contributed by atoms with Crippen molar-refractivity contribution < 1.29 is 4.79 Å². The third-order valence-corrected chi connectivity index (χ3v) is 4.71. The average molecular weight is 331 g/mol. The Balaban J connectivity index is 1.79. The molecule has 1 aliphatic heterocycles. The van der Waals surface area contributed by atoms with Crippen LogP contribution in [0.15, 0.2) is 17.6 Å². The highest BCUT2D eigenvalue weighted by Gasteiger charge is 2.25. The highest BCUT2D eigenvalue weighted by molar-refractivity contribution is 7.13. The van der Waals surface area contributed by atoms with Crippen molar-refractivity contribution in [2.75, 3.05) is 18.4 Å². The monoisotopic (exact) mass is 331 g/mol. The van der Waals surface area contributed by atoms with Gasteiger partial charge in [0.25, 0.3) is 0 Å². The first-order valence-corrected chi connectivity index (χ1v) is 8.83. The minimum absolute atomic E-state index is 0.224. The van der Waals surface area contributed by atoms with Gasteiger partial charge in [0.05, 0.1) is 5.69 Å². The minimum Gasteiger partial charge on any atom is -0.342 e. The number of likely N-dealkylation sites (tertiary alicyclic amines) is 1. The van der Waals surface area contributed by atoms with Crippen LogP contribution in [0.25, 0.3) is 0 Å². The lowest BCUT2D eigenvalue weighted by molar-refractivity contribution is -0.132. The molecule has 7 heteroatoms. The van der Waals surface area contributed by atoms with Crippen molar-refractivity contribution in [2.45, 2.75) is 39.0 Å². The van der Waals surface area contributed by atoms with Gasteiger partial charge in [0.1, 0.15) is 11.6 Å². The normalized spacial score (nSPS) is 18.0. The van der Waals surface area contributed by atoms with Crippen LogP contribution < -0.4 is 5.32 Å². The first-order chi connectivity index (χ1) is 11.2. The smallest absolute Gasteiger partial charge is 0.222 e. The van der Waals surface area contributed by atoms with E-state index in [1.165, 1.54) is 11.3 Å². The van der Waals surface area contributed by atoms with Gasteiger partial charge in [0.15, 0.2) is 5.13 Å². The molecule has 0 aliphatic carbocycles. The Morgan fingerprint density at radius 3 is 3.09 bits per heavy atom. The van der Waals surface area contributed by atoms with E-state index in [0.717, 1.165) is 48.4 Å². The number of nitrogens with one attached hydrogen (secondary N) is 1. The van der Waals surface area contributed by atoms with Crippen LogP contribution in [0.5, 0.6) is 0 Å². The van der Waals surface area contributed by atoms with E-state index in [9.17, 15) is 4.79 Å². The molecule has 0 radical (unpaired) electrons. The molecule has 122 valence electrons. The summed E-state index contributed by atoms with van der Waals surface area (Å²) in [5, 5.41) is 5.97. The molecule has 1 aliphatic rings. The van der Waals surface area contributed by atoms with Crippen molar-refractivity contribution >= 4 is 28.2 Å². The van der Waals surface area contributed by atoms with Crippen molar-refractivity contribution in [2.24, 2.45) is 0 Å². The van der Waals surface area contributed by atoms with Crippen LogP contribution in [0.3, 0.4) is 0 Å². The first-order valence-electron chi connectivity index (χ1n) is 7.95. The summed E-state index contributed by atoms with van der Waals surface area (Å²) in [6.07, 6.45) is 4.40. The number of thiazole rings is 1. The first kappa shape index (κ1) is 15.9. The largest absolute Gasteiger partial charge is 0.342 e. The summed E-state index contributed by atoms with van der Waals surface area (Å²) in [5.41, 5.74) is 1.00. The second-order valence-corrected chi connectivity index (χ2v) is 6.61. The second-order valence-electron chi connectivity index (χ2n) is 5.72. The Morgan fingerprint density at radius 2 is 2.35 bits per heavy atom. The molecule has 1 amide bonds. The predicted molar refractivity (Wildman–Crippen MR) is 91.0 cm³/mol. The number of rotatable bonds is 4. The van der Waals surface area contributed by atoms with Crippen LogP contribution in [-0.2, 0) is 4.79 Å². The summed E-state index contributed by atoms with van der Waals surface area (Å²) < 4.78 is 0. The van der Waals surface area contributed by atoms with Crippen LogP contribution in [-0.4, -0.2) is 38.8 Å². The Hall–Kier alpha value is -2.02. The van der Waals surface area contributed by atoms with E-state index in [1.54, 1.807) is 6.20 Å². The molecule has 3 rings (SSSR count). The number of anilines is 2. The lowest BCUT2D eigenvalue weighted by Gasteiger charge is -2.32. The van der Waals surface area contributed by atoms with E-state index >= 15 is 0 Å². The van der Waals surface area contributed by atoms with Crippen LogP contribution in [0.4, 0.5) is 10.9 Å². The van der Waals surface area contributed by atoms with Gasteiger partial charge in [-0.2, -0.15) is 0 Å². The topological polar surface area (TPSA) is 71.0 Å². The number of carbonyl (C=O) groups excluding carboxylic acids is 1. The van der Waals surface area contributed by atoms with Crippen molar-refractivity contribution in [3.8, 4) is 0 Å². The van der Waals surface area contributed by atoms with Gasteiger partial charge in [0.2, 0.25) is 5.91 Å². The SMILES string of the molecule is CCC(=O)N1CCCC(c2cc(Nc3nccs3)nc(C)n2)C1. The van der Waals surface area contributed by atoms with Crippen LogP contribution in [0.2, 0.25) is 0 Å². The molecule has 1 saturated heterocycles. The van der Waals surface area contributed by atoms with Crippen LogP contribution >= 0.6 is 11.3 Å². The van der Waals surface area contributed by atoms with Crippen LogP contribution in [0.1, 0.15) is 43.6 Å². The van der Waals surface area contributed by atoms with Crippen molar-refractivity contribution in [1.29, 1.82) is 0 Å². The van der Waals surface area contributed by atoms with Gasteiger partial charge in [-0.25, -0.2) is 15.0 Å². The van der Waals surface area contributed by atoms with Gasteiger partial charge >= 0.3 is 0 Å². The fourth-order valence-electron chi connectivity index (χ4n) is 2.93. The third kappa shape index (κ3) is 3.85. The fraction of sp³-hybridized carbons (Fsp3) is 0.500. The minimum atomic E-state index is 0.224. The quantitative estimate of drug-likeness (QED) is 0.932. The van der Waals surface area contributed by atoms with Gasteiger partial charge in [-0.1, -0.05) is 6.92 Å². The number of hydrogen-bond donors (Lipinski definition) is 1. The Labute approximate surface area is 140 Å². The molecule has 1 N–H and O–H groups in total. The Bertz CT molecular complexity index is 673. The lowest BCUT2D eigenvalue weighted by atomic mass is 9.94. The zero-order valence-electron chi connectivity index (χ0n) is 13.5. The number of aromatic nitrogens is 3. The van der Waals surface area contributed by atoms with Gasteiger partial charge in [-0.15, -0.1) is 11.3 Å². The number of aryl methyl sites for hydroxylation is 1. The highest BCUT2D eigenvalue weighted by Crippen LogP contribution is 2.28. The number of amides is 1. The van der Waals surface area contributed by atoms with E-state index < -0.39 is 0 Å². The summed E-state index contributed by atoms with van der Waals surface area (Å²) in [6.45, 7) is 5.42. The van der Waals surface area contributed by atoms with E-state index in [2.05, 4.69) is 20.3 Å². The van der Waals surface area contributed by atoms with E-state index in [0.29, 0.717) is 6.42 Å². The summed E-state index contributed by atoms with van der Waals surface area (Å²) >= 11 is 1.54. The zero-order chi connectivity index (χ0) is 16.2. The number of carbonyl (C=O) groups is 1. The maximum atomic E-state index is 12.0. The van der Waals surface area contributed by atoms with E-state index in [4.69, 9.17) is 0 Å². The van der Waals surface area contributed by atoms with Gasteiger partial charge < -0.3 is 10.2 Å². The van der Waals surface area contributed by atoms with E-state index in [-0.39, 0.29) is 11.8 Å². The molecular formula is C16H21N5OS. The highest BCUT2D eigenvalue weighted by atomic mass is 32.1. The molecule has 1 fully saturated rings. The maximum absolute atomic E-state index is 12.0. The zero-order valence-corrected chi connectivity index (χ0v) is 14.3. The molecule has 23 heavy (non-hydrogen) atoms. The van der Waals surface area contributed by atoms with Gasteiger partial charge in [-0.3, -0.25) is 4.79 Å². The molecular weight excluding hydrogens is 310 g/mol. The van der Waals surface area contributed by atoms with E-state index in [1.807, 2.05) is 30.2 Å². The molecule has 0 aromatic carbocycles. The summed E-state index contributed by atoms with van der Waals surface area (Å²) in [4.78, 5) is 27.2. The standard InChI is InChI=1S/C16H21N5OS/c1-3-15(22)21-7-4-5-12(10-21)13-9-14(19-11(2)18-13)20-16-17-6-8-23-16/h6,8-9,12H,3-5,7,10H2,1-2H3,(H,17,18,19,20). The lowest BCUT2D eigenvalue weighted by Crippen LogP contribution is -2.39. The molecule has 1 atom stereocenters. The predicted octanol–water partition coefficient (Wildman–Crippen LogP) is 3.10. The van der Waals surface area contributed by atoms with Crippen molar-refractivity contribution in [3.05, 3.63) is 29.2 Å². The molecule has 1 unspecified atom stereocenters. The Kier molecular flexibility index (Phi) is 4.85. The number of piperidine rings is 1. The maximum Gasteiger partial charge on any atom is 0.222 e. The molecule has 3 heterocycles. The molecule has 0 spiro atoms. The molecule has 0 bridgehead atoms. The van der Waals surface area contributed by atoms with Crippen molar-refractivity contribution in [1.82, 2.24) is 19.9 Å². The van der Waals surface area contributed by atoms with Gasteiger partial charge in [0, 0.05) is 43.1 Å².